The van der Waals surface area contributed by atoms with E-state index in [1.807, 2.05) is 24.3 Å². The number of para-hydroxylation sites is 1. The van der Waals surface area contributed by atoms with Crippen molar-refractivity contribution in [2.45, 2.75) is 44.2 Å². The lowest BCUT2D eigenvalue weighted by molar-refractivity contribution is 0.0928. The standard InChI is InChI=1S/C22H22F2N6O/c23-21(24)17-12-30-18(5-2-6-19(30)28-17)26-14-7-9-15(10-8-14)27-22(31)16-4-1-3-13-11-25-29-20(13)16/h1-6,11-12,14-15,21,26H,7-10H2,(H,25,29)(H,27,31). The minimum atomic E-state index is -2.60. The Labute approximate surface area is 176 Å². The highest BCUT2D eigenvalue weighted by atomic mass is 19.3. The first-order chi connectivity index (χ1) is 15.1. The Balaban J connectivity index is 1.22. The fourth-order valence-electron chi connectivity index (χ4n) is 4.26. The Hall–Kier alpha value is -3.49. The van der Waals surface area contributed by atoms with E-state index < -0.39 is 6.43 Å². The van der Waals surface area contributed by atoms with Crippen LogP contribution in [0.25, 0.3) is 16.6 Å². The number of nitrogens with one attached hydrogen (secondary N) is 3. The second kappa shape index (κ2) is 7.98. The van der Waals surface area contributed by atoms with E-state index in [-0.39, 0.29) is 23.7 Å². The summed E-state index contributed by atoms with van der Waals surface area (Å²) in [5.74, 6) is 0.643. The average Bonchev–Trinajstić information content (AvgIpc) is 3.42. The third-order valence-corrected chi connectivity index (χ3v) is 5.87. The normalized spacial score (nSPS) is 19.2. The number of benzene rings is 1. The molecule has 1 amide bonds. The maximum Gasteiger partial charge on any atom is 0.281 e. The summed E-state index contributed by atoms with van der Waals surface area (Å²) in [5, 5.41) is 14.4. The molecule has 0 atom stereocenters. The number of anilines is 1. The van der Waals surface area contributed by atoms with E-state index in [1.165, 1.54) is 6.20 Å². The number of hydrogen-bond donors (Lipinski definition) is 3. The molecule has 9 heteroatoms. The van der Waals surface area contributed by atoms with Crippen LogP contribution in [0.2, 0.25) is 0 Å². The van der Waals surface area contributed by atoms with Crippen LogP contribution in [0.5, 0.6) is 0 Å². The van der Waals surface area contributed by atoms with Crippen LogP contribution in [-0.4, -0.2) is 37.6 Å². The zero-order valence-corrected chi connectivity index (χ0v) is 16.7. The van der Waals surface area contributed by atoms with E-state index in [4.69, 9.17) is 0 Å². The first-order valence-electron chi connectivity index (χ1n) is 10.3. The number of pyridine rings is 1. The summed E-state index contributed by atoms with van der Waals surface area (Å²) in [6.45, 7) is 0. The van der Waals surface area contributed by atoms with Gasteiger partial charge in [-0.05, 0) is 43.9 Å². The third-order valence-electron chi connectivity index (χ3n) is 5.87. The van der Waals surface area contributed by atoms with Crippen molar-refractivity contribution >= 4 is 28.3 Å². The second-order valence-electron chi connectivity index (χ2n) is 7.91. The zero-order chi connectivity index (χ0) is 21.4. The number of imidazole rings is 1. The largest absolute Gasteiger partial charge is 0.368 e. The molecule has 1 fully saturated rings. The third kappa shape index (κ3) is 3.83. The van der Waals surface area contributed by atoms with Crippen molar-refractivity contribution in [3.05, 3.63) is 60.0 Å². The van der Waals surface area contributed by atoms with Crippen molar-refractivity contribution in [3.8, 4) is 0 Å². The van der Waals surface area contributed by atoms with Gasteiger partial charge in [0.15, 0.2) is 0 Å². The number of aromatic nitrogens is 4. The summed E-state index contributed by atoms with van der Waals surface area (Å²) in [6.07, 6.45) is 3.89. The van der Waals surface area contributed by atoms with Gasteiger partial charge in [-0.15, -0.1) is 0 Å². The molecule has 1 saturated carbocycles. The molecule has 0 saturated heterocycles. The van der Waals surface area contributed by atoms with Gasteiger partial charge in [-0.1, -0.05) is 18.2 Å². The Kier molecular flexibility index (Phi) is 5.01. The molecule has 0 unspecified atom stereocenters. The highest BCUT2D eigenvalue weighted by Gasteiger charge is 2.24. The minimum Gasteiger partial charge on any atom is -0.368 e. The van der Waals surface area contributed by atoms with Gasteiger partial charge in [0.05, 0.1) is 17.3 Å². The van der Waals surface area contributed by atoms with Crippen LogP contribution in [0, 0.1) is 0 Å². The fourth-order valence-corrected chi connectivity index (χ4v) is 4.26. The molecule has 0 bridgehead atoms. The van der Waals surface area contributed by atoms with Gasteiger partial charge in [0, 0.05) is 23.7 Å². The van der Waals surface area contributed by atoms with Gasteiger partial charge in [0.25, 0.3) is 12.3 Å². The van der Waals surface area contributed by atoms with Crippen LogP contribution in [0.3, 0.4) is 0 Å². The van der Waals surface area contributed by atoms with Crippen molar-refractivity contribution in [1.29, 1.82) is 0 Å². The SMILES string of the molecule is O=C(NC1CCC(Nc2cccc3nc(C(F)F)cn23)CC1)c1cccc2cn[nH]c12. The van der Waals surface area contributed by atoms with Crippen molar-refractivity contribution in [2.24, 2.45) is 0 Å². The predicted molar refractivity (Wildman–Crippen MR) is 113 cm³/mol. The van der Waals surface area contributed by atoms with Gasteiger partial charge in [-0.25, -0.2) is 13.8 Å². The van der Waals surface area contributed by atoms with Gasteiger partial charge in [-0.2, -0.15) is 5.10 Å². The van der Waals surface area contributed by atoms with Crippen LogP contribution in [-0.2, 0) is 0 Å². The summed E-state index contributed by atoms with van der Waals surface area (Å²) in [4.78, 5) is 16.7. The number of alkyl halides is 2. The van der Waals surface area contributed by atoms with Crippen LogP contribution in [0.4, 0.5) is 14.6 Å². The number of aromatic amines is 1. The molecule has 7 nitrogen and oxygen atoms in total. The summed E-state index contributed by atoms with van der Waals surface area (Å²) in [7, 11) is 0. The number of amides is 1. The number of halogens is 2. The summed E-state index contributed by atoms with van der Waals surface area (Å²) in [6, 6.07) is 11.2. The summed E-state index contributed by atoms with van der Waals surface area (Å²) >= 11 is 0. The van der Waals surface area contributed by atoms with Gasteiger partial charge in [0.2, 0.25) is 0 Å². The van der Waals surface area contributed by atoms with Gasteiger partial charge < -0.3 is 10.6 Å². The first kappa shape index (κ1) is 19.5. The van der Waals surface area contributed by atoms with Crippen LogP contribution in [0.15, 0.2) is 48.8 Å². The van der Waals surface area contributed by atoms with Crippen molar-refractivity contribution < 1.29 is 13.6 Å². The van der Waals surface area contributed by atoms with E-state index in [9.17, 15) is 13.6 Å². The summed E-state index contributed by atoms with van der Waals surface area (Å²) < 4.78 is 27.7. The Bertz CT molecular complexity index is 1230. The lowest BCUT2D eigenvalue weighted by Gasteiger charge is -2.30. The van der Waals surface area contributed by atoms with Gasteiger partial charge >= 0.3 is 0 Å². The van der Waals surface area contributed by atoms with E-state index in [0.717, 1.165) is 42.4 Å². The molecule has 31 heavy (non-hydrogen) atoms. The molecule has 5 rings (SSSR count). The molecule has 3 N–H and O–H groups in total. The van der Waals surface area contributed by atoms with Crippen molar-refractivity contribution in [3.63, 3.8) is 0 Å². The highest BCUT2D eigenvalue weighted by Crippen LogP contribution is 2.25. The molecule has 0 spiro atoms. The number of hydrogen-bond acceptors (Lipinski definition) is 4. The Morgan fingerprint density at radius 1 is 1.10 bits per heavy atom. The number of carbonyl (C=O) groups excluding carboxylic acids is 1. The molecular formula is C22H22F2N6O. The maximum absolute atomic E-state index is 13.0. The monoisotopic (exact) mass is 424 g/mol. The van der Waals surface area contributed by atoms with Crippen LogP contribution >= 0.6 is 0 Å². The lowest BCUT2D eigenvalue weighted by atomic mass is 9.91. The topological polar surface area (TPSA) is 87.1 Å². The molecule has 0 radical (unpaired) electrons. The Morgan fingerprint density at radius 3 is 2.68 bits per heavy atom. The number of H-pyrrole nitrogens is 1. The quantitative estimate of drug-likeness (QED) is 0.446. The molecule has 4 aromatic rings. The molecule has 0 aliphatic heterocycles. The van der Waals surface area contributed by atoms with Gasteiger partial charge in [-0.3, -0.25) is 14.3 Å². The number of nitrogens with zero attached hydrogens (tertiary/aromatic N) is 3. The van der Waals surface area contributed by atoms with Crippen molar-refractivity contribution in [2.75, 3.05) is 5.32 Å². The fraction of sp³-hybridized carbons (Fsp3) is 0.318. The first-order valence-corrected chi connectivity index (χ1v) is 10.3. The van der Waals surface area contributed by atoms with E-state index >= 15 is 0 Å². The highest BCUT2D eigenvalue weighted by molar-refractivity contribution is 6.05. The molecule has 1 aliphatic carbocycles. The van der Waals surface area contributed by atoms with E-state index in [1.54, 1.807) is 22.7 Å². The Morgan fingerprint density at radius 2 is 1.87 bits per heavy atom. The average molecular weight is 424 g/mol. The predicted octanol–water partition coefficient (Wildman–Crippen LogP) is 4.30. The number of carbonyl (C=O) groups is 1. The van der Waals surface area contributed by atoms with E-state index in [2.05, 4.69) is 25.8 Å². The molecule has 1 aromatic carbocycles. The molecule has 1 aliphatic rings. The van der Waals surface area contributed by atoms with Crippen LogP contribution < -0.4 is 10.6 Å². The van der Waals surface area contributed by atoms with Gasteiger partial charge in [0.1, 0.15) is 17.2 Å². The van der Waals surface area contributed by atoms with Crippen molar-refractivity contribution in [1.82, 2.24) is 24.9 Å². The number of fused-ring (bicyclic) bond motifs is 2. The maximum atomic E-state index is 13.0. The summed E-state index contributed by atoms with van der Waals surface area (Å²) in [5.41, 5.74) is 1.60. The minimum absolute atomic E-state index is 0.0956. The smallest absolute Gasteiger partial charge is 0.281 e. The second-order valence-corrected chi connectivity index (χ2v) is 7.91. The molecular weight excluding hydrogens is 402 g/mol. The molecule has 3 heterocycles. The molecule has 160 valence electrons. The molecule has 3 aromatic heterocycles. The van der Waals surface area contributed by atoms with Crippen LogP contribution in [0.1, 0.15) is 48.2 Å². The van der Waals surface area contributed by atoms with E-state index in [0.29, 0.717) is 11.2 Å². The zero-order valence-electron chi connectivity index (χ0n) is 16.7. The number of rotatable bonds is 5. The lowest BCUT2D eigenvalue weighted by Crippen LogP contribution is -2.40.